The fourth-order valence-corrected chi connectivity index (χ4v) is 3.12. The van der Waals surface area contributed by atoms with Gasteiger partial charge in [0.1, 0.15) is 11.7 Å². The van der Waals surface area contributed by atoms with Crippen LogP contribution in [0.3, 0.4) is 0 Å². The van der Waals surface area contributed by atoms with E-state index in [0.29, 0.717) is 13.0 Å². The number of carboxylic acids is 1. The fraction of sp³-hybridized carbons (Fsp3) is 0.263. The van der Waals surface area contributed by atoms with Gasteiger partial charge in [0, 0.05) is 19.3 Å². The zero-order valence-electron chi connectivity index (χ0n) is 14.5. The topological polar surface area (TPSA) is 90.8 Å². The van der Waals surface area contributed by atoms with E-state index in [9.17, 15) is 14.4 Å². The quantitative estimate of drug-likeness (QED) is 0.907. The maximum absolute atomic E-state index is 12.7. The van der Waals surface area contributed by atoms with Crippen molar-refractivity contribution in [1.29, 1.82) is 0 Å². The number of carbonyl (C=O) groups excluding carboxylic acids is 2. The smallest absolute Gasteiger partial charge is 0.337 e. The SMILES string of the molecule is Cc1nc(C(=O)N(C)C2CCN(c3ccccc3)C2=O)ccc1C(=O)O. The third-order valence-corrected chi connectivity index (χ3v) is 4.57. The number of pyridine rings is 1. The molecule has 26 heavy (non-hydrogen) atoms. The Morgan fingerprint density at radius 2 is 1.88 bits per heavy atom. The molecule has 1 saturated heterocycles. The monoisotopic (exact) mass is 353 g/mol. The number of aromatic carboxylic acids is 1. The summed E-state index contributed by atoms with van der Waals surface area (Å²) in [7, 11) is 1.57. The predicted molar refractivity (Wildman–Crippen MR) is 95.2 cm³/mol. The van der Waals surface area contributed by atoms with Gasteiger partial charge < -0.3 is 14.9 Å². The highest BCUT2D eigenvalue weighted by Crippen LogP contribution is 2.24. The van der Waals surface area contributed by atoms with Crippen molar-refractivity contribution < 1.29 is 19.5 Å². The molecule has 1 aromatic heterocycles. The van der Waals surface area contributed by atoms with Gasteiger partial charge in [-0.15, -0.1) is 0 Å². The van der Waals surface area contributed by atoms with Crippen LogP contribution in [0.2, 0.25) is 0 Å². The van der Waals surface area contributed by atoms with Crippen LogP contribution in [0.1, 0.15) is 33.0 Å². The van der Waals surface area contributed by atoms with Crippen LogP contribution < -0.4 is 4.90 Å². The van der Waals surface area contributed by atoms with E-state index in [2.05, 4.69) is 4.98 Å². The summed E-state index contributed by atoms with van der Waals surface area (Å²) >= 11 is 0. The summed E-state index contributed by atoms with van der Waals surface area (Å²) in [4.78, 5) is 43.6. The van der Waals surface area contributed by atoms with Crippen molar-refractivity contribution in [3.8, 4) is 0 Å². The number of hydrogen-bond acceptors (Lipinski definition) is 4. The van der Waals surface area contributed by atoms with E-state index in [1.54, 1.807) is 11.9 Å². The number of para-hydroxylation sites is 1. The van der Waals surface area contributed by atoms with Gasteiger partial charge >= 0.3 is 5.97 Å². The highest BCUT2D eigenvalue weighted by atomic mass is 16.4. The molecular weight excluding hydrogens is 334 g/mol. The van der Waals surface area contributed by atoms with Crippen molar-refractivity contribution in [3.63, 3.8) is 0 Å². The summed E-state index contributed by atoms with van der Waals surface area (Å²) in [5.41, 5.74) is 1.25. The minimum atomic E-state index is -1.09. The van der Waals surface area contributed by atoms with Crippen molar-refractivity contribution in [2.45, 2.75) is 19.4 Å². The van der Waals surface area contributed by atoms with E-state index in [1.165, 1.54) is 24.0 Å². The van der Waals surface area contributed by atoms with Crippen LogP contribution in [0.25, 0.3) is 0 Å². The normalized spacial score (nSPS) is 16.6. The molecule has 1 aliphatic rings. The lowest BCUT2D eigenvalue weighted by molar-refractivity contribution is -0.120. The zero-order valence-corrected chi connectivity index (χ0v) is 14.5. The van der Waals surface area contributed by atoms with Gasteiger partial charge in [-0.1, -0.05) is 18.2 Å². The Kier molecular flexibility index (Phi) is 4.71. The molecule has 0 aliphatic carbocycles. The van der Waals surface area contributed by atoms with E-state index in [4.69, 9.17) is 5.11 Å². The Morgan fingerprint density at radius 3 is 2.50 bits per heavy atom. The molecule has 134 valence electrons. The molecule has 2 aromatic rings. The number of amides is 2. The second-order valence-corrected chi connectivity index (χ2v) is 6.18. The molecule has 0 bridgehead atoms. The second kappa shape index (κ2) is 6.95. The number of hydrogen-bond donors (Lipinski definition) is 1. The van der Waals surface area contributed by atoms with Crippen molar-refractivity contribution in [2.24, 2.45) is 0 Å². The number of anilines is 1. The minimum Gasteiger partial charge on any atom is -0.478 e. The molecule has 7 nitrogen and oxygen atoms in total. The van der Waals surface area contributed by atoms with Crippen molar-refractivity contribution in [2.75, 3.05) is 18.5 Å². The maximum atomic E-state index is 12.7. The van der Waals surface area contributed by atoms with Crippen molar-refractivity contribution in [3.05, 3.63) is 59.4 Å². The Labute approximate surface area is 150 Å². The van der Waals surface area contributed by atoms with Crippen LogP contribution >= 0.6 is 0 Å². The first kappa shape index (κ1) is 17.6. The molecule has 0 saturated carbocycles. The third kappa shape index (κ3) is 3.15. The minimum absolute atomic E-state index is 0.0522. The second-order valence-electron chi connectivity index (χ2n) is 6.18. The number of aryl methyl sites for hydroxylation is 1. The first-order valence-electron chi connectivity index (χ1n) is 8.24. The Hall–Kier alpha value is -3.22. The van der Waals surface area contributed by atoms with Crippen LogP contribution in [-0.2, 0) is 4.79 Å². The largest absolute Gasteiger partial charge is 0.478 e. The van der Waals surface area contributed by atoms with Gasteiger partial charge in [-0.2, -0.15) is 0 Å². The zero-order chi connectivity index (χ0) is 18.8. The van der Waals surface area contributed by atoms with Crippen LogP contribution in [0.4, 0.5) is 5.69 Å². The standard InChI is InChI=1S/C19H19N3O4/c1-12-14(19(25)26)8-9-15(20-12)17(23)21(2)16-10-11-22(18(16)24)13-6-4-3-5-7-13/h3-9,16H,10-11H2,1-2H3,(H,25,26). The summed E-state index contributed by atoms with van der Waals surface area (Å²) in [6.07, 6.45) is 0.530. The molecule has 0 spiro atoms. The van der Waals surface area contributed by atoms with Gasteiger partial charge in [0.25, 0.3) is 5.91 Å². The van der Waals surface area contributed by atoms with Crippen LogP contribution in [0.5, 0.6) is 0 Å². The summed E-state index contributed by atoms with van der Waals surface area (Å²) < 4.78 is 0. The average molecular weight is 353 g/mol. The number of rotatable bonds is 4. The van der Waals surface area contributed by atoms with Gasteiger partial charge in [0.15, 0.2) is 0 Å². The molecular formula is C19H19N3O4. The molecule has 2 heterocycles. The number of carbonyl (C=O) groups is 3. The Balaban J connectivity index is 1.78. The predicted octanol–water partition coefficient (Wildman–Crippen LogP) is 1.97. The lowest BCUT2D eigenvalue weighted by Crippen LogP contribution is -2.43. The molecule has 1 N–H and O–H groups in total. The van der Waals surface area contributed by atoms with Crippen LogP contribution in [-0.4, -0.2) is 52.4 Å². The molecule has 3 rings (SSSR count). The van der Waals surface area contributed by atoms with E-state index in [0.717, 1.165) is 5.69 Å². The van der Waals surface area contributed by atoms with Gasteiger partial charge in [0.05, 0.1) is 11.3 Å². The van der Waals surface area contributed by atoms with Crippen molar-refractivity contribution >= 4 is 23.5 Å². The number of aromatic nitrogens is 1. The molecule has 1 atom stereocenters. The molecule has 1 aliphatic heterocycles. The van der Waals surface area contributed by atoms with E-state index >= 15 is 0 Å². The summed E-state index contributed by atoms with van der Waals surface area (Å²) in [5, 5.41) is 9.06. The molecule has 2 amide bonds. The van der Waals surface area contributed by atoms with Crippen LogP contribution in [0, 0.1) is 6.92 Å². The van der Waals surface area contributed by atoms with Gasteiger partial charge in [0.2, 0.25) is 5.91 Å². The number of carboxylic acid groups (broad SMARTS) is 1. The number of nitrogens with zero attached hydrogens (tertiary/aromatic N) is 3. The number of likely N-dealkylation sites (N-methyl/N-ethyl adjacent to an activating group) is 1. The van der Waals surface area contributed by atoms with Crippen molar-refractivity contribution in [1.82, 2.24) is 9.88 Å². The summed E-state index contributed by atoms with van der Waals surface area (Å²) in [6, 6.07) is 11.5. The van der Waals surface area contributed by atoms with Gasteiger partial charge in [-0.25, -0.2) is 9.78 Å². The average Bonchev–Trinajstić information content (AvgIpc) is 3.02. The summed E-state index contributed by atoms with van der Waals surface area (Å²) in [5.74, 6) is -1.63. The molecule has 1 aromatic carbocycles. The highest BCUT2D eigenvalue weighted by Gasteiger charge is 2.37. The lowest BCUT2D eigenvalue weighted by Gasteiger charge is -2.24. The van der Waals surface area contributed by atoms with E-state index < -0.39 is 17.9 Å². The fourth-order valence-electron chi connectivity index (χ4n) is 3.12. The van der Waals surface area contributed by atoms with Gasteiger partial charge in [-0.05, 0) is 37.6 Å². The Bertz CT molecular complexity index is 866. The van der Waals surface area contributed by atoms with E-state index in [1.807, 2.05) is 30.3 Å². The number of benzene rings is 1. The molecule has 1 unspecified atom stereocenters. The van der Waals surface area contributed by atoms with Gasteiger partial charge in [-0.3, -0.25) is 9.59 Å². The molecule has 7 heteroatoms. The van der Waals surface area contributed by atoms with Crippen LogP contribution in [0.15, 0.2) is 42.5 Å². The molecule has 0 radical (unpaired) electrons. The Morgan fingerprint density at radius 1 is 1.19 bits per heavy atom. The maximum Gasteiger partial charge on any atom is 0.337 e. The highest BCUT2D eigenvalue weighted by molar-refractivity contribution is 6.03. The lowest BCUT2D eigenvalue weighted by atomic mass is 10.1. The summed E-state index contributed by atoms with van der Waals surface area (Å²) in [6.45, 7) is 2.08. The first-order chi connectivity index (χ1) is 12.4. The third-order valence-electron chi connectivity index (χ3n) is 4.57. The molecule has 1 fully saturated rings. The van der Waals surface area contributed by atoms with E-state index in [-0.39, 0.29) is 22.9 Å². The first-order valence-corrected chi connectivity index (χ1v) is 8.24.